The van der Waals surface area contributed by atoms with E-state index in [0.717, 1.165) is 33.5 Å². The zero-order chi connectivity index (χ0) is 59.0. The number of rotatable bonds is 28. The van der Waals surface area contributed by atoms with E-state index in [1.54, 1.807) is 19.1 Å². The van der Waals surface area contributed by atoms with E-state index in [1.165, 1.54) is 48.0 Å². The van der Waals surface area contributed by atoms with Crippen molar-refractivity contribution in [3.63, 3.8) is 0 Å². The fourth-order valence-electron chi connectivity index (χ4n) is 9.00. The summed E-state index contributed by atoms with van der Waals surface area (Å²) in [6.07, 6.45) is 0.719. The molecule has 1 aliphatic carbocycles. The number of phenolic OH excluding ortho intramolecular Hbond substituents is 1. The lowest BCUT2D eigenvalue weighted by Crippen LogP contribution is -2.48. The maximum atomic E-state index is 14.4. The second-order valence-corrected chi connectivity index (χ2v) is 19.7. The van der Waals surface area contributed by atoms with E-state index in [2.05, 4.69) is 42.2 Å². The number of nitrogens with zero attached hydrogens (tertiary/aromatic N) is 4. The molecule has 0 bridgehead atoms. The number of aliphatic imine (C=N–C) groups is 1. The zero-order valence-corrected chi connectivity index (χ0v) is 46.7. The van der Waals surface area contributed by atoms with Crippen LogP contribution in [0.1, 0.15) is 72.3 Å². The summed E-state index contributed by atoms with van der Waals surface area (Å²) in [5.74, 6) is -3.33. The molecule has 9 amide bonds. The first-order valence-corrected chi connectivity index (χ1v) is 27.2. The highest BCUT2D eigenvalue weighted by Crippen LogP contribution is 2.44. The molecule has 22 heteroatoms. The summed E-state index contributed by atoms with van der Waals surface area (Å²) < 4.78 is 5.66. The number of nitrogens with one attached hydrogen (secondary N) is 7. The molecule has 0 aliphatic heterocycles. The van der Waals surface area contributed by atoms with Crippen LogP contribution in [0.3, 0.4) is 0 Å². The first-order chi connectivity index (χ1) is 39.5. The number of guanidine groups is 1. The Morgan fingerprint density at radius 1 is 0.598 bits per heavy atom. The van der Waals surface area contributed by atoms with Gasteiger partial charge in [-0.1, -0.05) is 110 Å². The van der Waals surface area contributed by atoms with Gasteiger partial charge in [-0.15, -0.1) is 0 Å². The molecule has 0 radical (unpaired) electrons. The van der Waals surface area contributed by atoms with Crippen LogP contribution >= 0.6 is 0 Å². The van der Waals surface area contributed by atoms with Crippen molar-refractivity contribution in [2.75, 3.05) is 85.4 Å². The van der Waals surface area contributed by atoms with Crippen LogP contribution in [-0.2, 0) is 40.0 Å². The minimum absolute atomic E-state index is 0.0818. The van der Waals surface area contributed by atoms with Crippen molar-refractivity contribution in [2.45, 2.75) is 57.0 Å². The molecule has 0 saturated heterocycles. The molecule has 10 N–H and O–H groups in total. The highest BCUT2D eigenvalue weighted by molar-refractivity contribution is 5.93. The Bertz CT molecular complexity index is 2970. The van der Waals surface area contributed by atoms with Gasteiger partial charge in [-0.05, 0) is 82.5 Å². The summed E-state index contributed by atoms with van der Waals surface area (Å²) in [6, 6.07) is 37.2. The van der Waals surface area contributed by atoms with Crippen LogP contribution in [-0.4, -0.2) is 159 Å². The minimum atomic E-state index is -0.984. The number of aromatic hydroxyl groups is 1. The Labute approximate surface area is 477 Å². The van der Waals surface area contributed by atoms with Crippen molar-refractivity contribution in [2.24, 2.45) is 10.7 Å². The summed E-state index contributed by atoms with van der Waals surface area (Å²) >= 11 is 0. The van der Waals surface area contributed by atoms with E-state index in [-0.39, 0.29) is 88.3 Å². The number of hydrogen-bond acceptors (Lipinski definition) is 11. The number of hydrogen-bond donors (Lipinski definition) is 9. The van der Waals surface area contributed by atoms with Gasteiger partial charge in [-0.3, -0.25) is 28.8 Å². The Morgan fingerprint density at radius 3 is 1.83 bits per heavy atom. The molecule has 0 fully saturated rings. The van der Waals surface area contributed by atoms with Crippen molar-refractivity contribution in [1.82, 2.24) is 46.6 Å². The number of carbonyl (C=O) groups excluding carboxylic acids is 8. The highest BCUT2D eigenvalue weighted by atomic mass is 16.6. The van der Waals surface area contributed by atoms with Crippen LogP contribution in [0.4, 0.5) is 15.3 Å². The highest BCUT2D eigenvalue weighted by Gasteiger charge is 2.31. The van der Waals surface area contributed by atoms with Gasteiger partial charge in [0.2, 0.25) is 35.4 Å². The van der Waals surface area contributed by atoms with E-state index in [9.17, 15) is 43.5 Å². The molecule has 1 aliphatic rings. The number of fused-ring (bicyclic) bond motifs is 3. The third-order valence-electron chi connectivity index (χ3n) is 13.5. The van der Waals surface area contributed by atoms with E-state index in [0.29, 0.717) is 43.5 Å². The predicted molar refractivity (Wildman–Crippen MR) is 311 cm³/mol. The van der Waals surface area contributed by atoms with Gasteiger partial charge in [0.05, 0.1) is 19.0 Å². The number of likely N-dealkylation sites (N-methyl/N-ethyl adjacent to an activating group) is 3. The van der Waals surface area contributed by atoms with Crippen LogP contribution in [0.15, 0.2) is 132 Å². The topological polar surface area (TPSA) is 298 Å². The van der Waals surface area contributed by atoms with Crippen LogP contribution < -0.4 is 43.0 Å². The fourth-order valence-corrected chi connectivity index (χ4v) is 9.00. The largest absolute Gasteiger partial charge is 0.508 e. The van der Waals surface area contributed by atoms with Gasteiger partial charge in [-0.25, -0.2) is 9.59 Å². The minimum Gasteiger partial charge on any atom is -0.508 e. The molecular weight excluding hydrogens is 1050 g/mol. The van der Waals surface area contributed by atoms with Crippen LogP contribution in [0.25, 0.3) is 11.1 Å². The Balaban J connectivity index is 0.932. The van der Waals surface area contributed by atoms with Crippen LogP contribution in [0, 0.1) is 0 Å². The first kappa shape index (κ1) is 61.7. The standard InChI is InChI=1S/C60H74N12O10/c1-5-51(74)64-33-34-66-59(80)69-58(61)65-30-13-21-50(56(78)67-35-40-22-28-44(73)29-23-40)68-57(79)55(41-15-7-6-8-16-41)42-24-26-43(27-25-42)62-31-14-32-63-52(75)36-70(2)53(76)37-71(3)54(77)38-72(4)60(81)82-39-49-47-19-11-9-17-45(47)46-18-10-12-20-48(46)49/h6-12,15-20,22-29,49-50,55,62,73H,5,13-14,21,30-39H2,1-4H3,(H,63,75)(H,64,74)(H,67,78)(H,68,79)(H4,61,65,66,69,80)/t50?,55-/m1/s1. The normalized spacial score (nSPS) is 12.3. The molecule has 5 aromatic carbocycles. The summed E-state index contributed by atoms with van der Waals surface area (Å²) in [5.41, 5.74) is 13.1. The third kappa shape index (κ3) is 18.8. The van der Waals surface area contributed by atoms with Crippen molar-refractivity contribution in [3.05, 3.63) is 155 Å². The second kappa shape index (κ2) is 31.4. The molecule has 82 heavy (non-hydrogen) atoms. The summed E-state index contributed by atoms with van der Waals surface area (Å²) in [4.78, 5) is 111. The molecule has 22 nitrogen and oxygen atoms in total. The lowest BCUT2D eigenvalue weighted by atomic mass is 9.90. The molecule has 6 rings (SSSR count). The Kier molecular flexibility index (Phi) is 23.6. The summed E-state index contributed by atoms with van der Waals surface area (Å²) in [7, 11) is 4.38. The van der Waals surface area contributed by atoms with Gasteiger partial charge in [0.15, 0.2) is 5.96 Å². The van der Waals surface area contributed by atoms with Gasteiger partial charge in [-0.2, -0.15) is 4.99 Å². The number of ether oxygens (including phenoxy) is 1. The lowest BCUT2D eigenvalue weighted by molar-refractivity contribution is -0.140. The number of benzene rings is 5. The van der Waals surface area contributed by atoms with Crippen LogP contribution in [0.2, 0.25) is 0 Å². The maximum absolute atomic E-state index is 14.4. The van der Waals surface area contributed by atoms with Gasteiger partial charge in [0.25, 0.3) is 0 Å². The average Bonchev–Trinajstić information content (AvgIpc) is 4.07. The van der Waals surface area contributed by atoms with E-state index < -0.39 is 47.7 Å². The first-order valence-electron chi connectivity index (χ1n) is 27.2. The molecule has 2 atom stereocenters. The number of carbonyl (C=O) groups is 8. The van der Waals surface area contributed by atoms with Gasteiger partial charge < -0.3 is 67.5 Å². The summed E-state index contributed by atoms with van der Waals surface area (Å²) in [6.45, 7) is 2.52. The molecule has 0 spiro atoms. The number of nitrogens with two attached hydrogens (primary N) is 1. The van der Waals surface area contributed by atoms with Crippen molar-refractivity contribution < 1.29 is 48.2 Å². The Hall–Kier alpha value is -9.47. The number of anilines is 1. The molecule has 0 saturated carbocycles. The number of amides is 9. The second-order valence-electron chi connectivity index (χ2n) is 19.7. The summed E-state index contributed by atoms with van der Waals surface area (Å²) in [5, 5.41) is 29.8. The molecular formula is C60H74N12O10. The zero-order valence-electron chi connectivity index (χ0n) is 46.7. The molecule has 0 heterocycles. The van der Waals surface area contributed by atoms with Crippen LogP contribution in [0.5, 0.6) is 5.75 Å². The van der Waals surface area contributed by atoms with Gasteiger partial charge in [0.1, 0.15) is 24.9 Å². The number of urea groups is 1. The fraction of sp³-hybridized carbons (Fsp3) is 0.350. The van der Waals surface area contributed by atoms with Gasteiger partial charge >= 0.3 is 12.1 Å². The quantitative estimate of drug-likeness (QED) is 0.0195. The third-order valence-corrected chi connectivity index (χ3v) is 13.5. The molecule has 0 aromatic heterocycles. The molecule has 5 aromatic rings. The maximum Gasteiger partial charge on any atom is 0.409 e. The average molecular weight is 1120 g/mol. The van der Waals surface area contributed by atoms with Crippen molar-refractivity contribution >= 4 is 59.2 Å². The van der Waals surface area contributed by atoms with E-state index >= 15 is 0 Å². The van der Waals surface area contributed by atoms with E-state index in [4.69, 9.17) is 10.5 Å². The monoisotopic (exact) mass is 1120 g/mol. The van der Waals surface area contributed by atoms with Crippen molar-refractivity contribution in [3.8, 4) is 16.9 Å². The lowest BCUT2D eigenvalue weighted by Gasteiger charge is -2.24. The number of phenols is 1. The smallest absolute Gasteiger partial charge is 0.409 e. The van der Waals surface area contributed by atoms with E-state index in [1.807, 2.05) is 103 Å². The predicted octanol–water partition coefficient (Wildman–Crippen LogP) is 3.96. The SMILES string of the molecule is CCC(=O)NCCNC(=O)/N=C(/N)NCCCC(NC(=O)[C@H](c1ccccc1)c1ccc(NCCCNC(=O)CN(C)C(=O)CN(C)C(=O)CN(C)C(=O)OCC2c3ccccc3-c3ccccc32)cc1)C(=O)NCc1ccc(O)cc1. The Morgan fingerprint density at radius 2 is 1.17 bits per heavy atom. The van der Waals surface area contributed by atoms with Crippen molar-refractivity contribution in [1.29, 1.82) is 0 Å². The molecule has 434 valence electrons. The molecule has 1 unspecified atom stereocenters. The van der Waals surface area contributed by atoms with Gasteiger partial charge in [0, 0.05) is 78.4 Å².